The smallest absolute Gasteiger partial charge is 0.393 e. The second-order valence-electron chi connectivity index (χ2n) is 11.5. The van der Waals surface area contributed by atoms with E-state index in [9.17, 15) is 46.8 Å². The number of hydrogen-bond acceptors (Lipinski definition) is 4. The highest BCUT2D eigenvalue weighted by Gasteiger charge is 2.73. The SMILES string of the molecule is C=C1/C(=C\C=C2CCC[C@@]3(C)C2CC[C@@H]3[C@H](C)CCC(O)C(O)(C(F)(F)F)C(F)(F)F)C[C@@H](O)C[C@H]1O. The van der Waals surface area contributed by atoms with Crippen molar-refractivity contribution in [3.05, 3.63) is 35.5 Å². The lowest BCUT2D eigenvalue weighted by atomic mass is 9.60. The molecule has 212 valence electrons. The number of alkyl halides is 6. The van der Waals surface area contributed by atoms with Gasteiger partial charge < -0.3 is 20.4 Å². The highest BCUT2D eigenvalue weighted by Crippen LogP contribution is 2.60. The zero-order valence-corrected chi connectivity index (χ0v) is 21.2. The topological polar surface area (TPSA) is 80.9 Å². The Kier molecular flexibility index (Phi) is 8.70. The number of aliphatic hydroxyl groups excluding tert-OH is 3. The molecule has 3 fully saturated rings. The minimum Gasteiger partial charge on any atom is -0.393 e. The van der Waals surface area contributed by atoms with Crippen LogP contribution in [0.1, 0.15) is 71.6 Å². The molecule has 2 unspecified atom stereocenters. The van der Waals surface area contributed by atoms with Gasteiger partial charge in [0.2, 0.25) is 0 Å². The average molecular weight is 541 g/mol. The first-order chi connectivity index (χ1) is 16.9. The van der Waals surface area contributed by atoms with Gasteiger partial charge in [0.1, 0.15) is 6.10 Å². The van der Waals surface area contributed by atoms with Crippen LogP contribution in [-0.2, 0) is 0 Å². The molecule has 7 atom stereocenters. The van der Waals surface area contributed by atoms with E-state index in [1.807, 2.05) is 12.2 Å². The van der Waals surface area contributed by atoms with Crippen molar-refractivity contribution in [3.8, 4) is 0 Å². The molecule has 3 aliphatic rings. The van der Waals surface area contributed by atoms with Crippen LogP contribution >= 0.6 is 0 Å². The molecule has 10 heteroatoms. The van der Waals surface area contributed by atoms with Crippen LogP contribution < -0.4 is 0 Å². The number of hydrogen-bond donors (Lipinski definition) is 4. The van der Waals surface area contributed by atoms with E-state index in [-0.39, 0.29) is 36.0 Å². The number of allylic oxidation sites excluding steroid dienone is 3. The van der Waals surface area contributed by atoms with Crippen LogP contribution in [0.3, 0.4) is 0 Å². The van der Waals surface area contributed by atoms with Crippen molar-refractivity contribution in [2.75, 3.05) is 0 Å². The molecule has 0 radical (unpaired) electrons. The first-order valence-electron chi connectivity index (χ1n) is 12.9. The normalized spacial score (nSPS) is 35.6. The number of rotatable bonds is 6. The van der Waals surface area contributed by atoms with E-state index in [1.54, 1.807) is 6.92 Å². The minimum atomic E-state index is -6.05. The Morgan fingerprint density at radius 2 is 1.68 bits per heavy atom. The number of aliphatic hydroxyl groups is 4. The van der Waals surface area contributed by atoms with Gasteiger partial charge in [-0.3, -0.25) is 0 Å². The molecule has 0 spiro atoms. The first kappa shape index (κ1) is 30.2. The Labute approximate surface area is 213 Å². The summed E-state index contributed by atoms with van der Waals surface area (Å²) in [6, 6.07) is 0. The van der Waals surface area contributed by atoms with Gasteiger partial charge in [-0.25, -0.2) is 0 Å². The average Bonchev–Trinajstić information content (AvgIpc) is 3.14. The zero-order chi connectivity index (χ0) is 28.0. The molecule has 0 bridgehead atoms. The van der Waals surface area contributed by atoms with Crippen LogP contribution in [0, 0.1) is 23.2 Å². The molecule has 0 amide bonds. The highest BCUT2D eigenvalue weighted by atomic mass is 19.4. The Bertz CT molecular complexity index is 894. The summed E-state index contributed by atoms with van der Waals surface area (Å²) in [6.07, 6.45) is -8.62. The second-order valence-corrected chi connectivity index (χ2v) is 11.5. The summed E-state index contributed by atoms with van der Waals surface area (Å²) in [7, 11) is 0. The maximum atomic E-state index is 13.1. The fourth-order valence-electron chi connectivity index (χ4n) is 7.05. The van der Waals surface area contributed by atoms with Crippen LogP contribution in [0.4, 0.5) is 26.3 Å². The summed E-state index contributed by atoms with van der Waals surface area (Å²) >= 11 is 0. The third kappa shape index (κ3) is 5.68. The standard InChI is InChI=1S/C27H38F6O4/c1-15(6-11-23(36)25(37,26(28,29)30)27(31,32)33)20-9-10-21-17(5-4-12-24(20,21)3)7-8-18-13-19(34)14-22(35)16(18)2/h7-8,15,19-23,34-37H,2,4-6,9-14H2,1,3H3/b17-7?,18-8-/t15-,19-,20-,21?,22-,23?,24-/m1/s1. The molecule has 0 heterocycles. The molecule has 3 rings (SSSR count). The fraction of sp³-hybridized carbons (Fsp3) is 0.778. The van der Waals surface area contributed by atoms with Crippen LogP contribution in [0.5, 0.6) is 0 Å². The Morgan fingerprint density at radius 1 is 1.05 bits per heavy atom. The van der Waals surface area contributed by atoms with Crippen molar-refractivity contribution in [1.82, 2.24) is 0 Å². The van der Waals surface area contributed by atoms with Crippen molar-refractivity contribution >= 4 is 0 Å². The molecule has 0 aromatic carbocycles. The van der Waals surface area contributed by atoms with Crippen LogP contribution in [-0.4, -0.2) is 56.7 Å². The summed E-state index contributed by atoms with van der Waals surface area (Å²) in [5.41, 5.74) is -2.76. The third-order valence-corrected chi connectivity index (χ3v) is 9.23. The zero-order valence-electron chi connectivity index (χ0n) is 21.2. The lowest BCUT2D eigenvalue weighted by Crippen LogP contribution is -2.64. The van der Waals surface area contributed by atoms with Gasteiger partial charge in [-0.2, -0.15) is 26.3 Å². The van der Waals surface area contributed by atoms with Crippen molar-refractivity contribution < 1.29 is 46.8 Å². The third-order valence-electron chi connectivity index (χ3n) is 9.23. The summed E-state index contributed by atoms with van der Waals surface area (Å²) in [4.78, 5) is 0. The summed E-state index contributed by atoms with van der Waals surface area (Å²) in [5.74, 6) is -0.0137. The van der Waals surface area contributed by atoms with Crippen molar-refractivity contribution in [3.63, 3.8) is 0 Å². The maximum absolute atomic E-state index is 13.1. The van der Waals surface area contributed by atoms with E-state index in [0.717, 1.165) is 37.7 Å². The molecule has 4 nitrogen and oxygen atoms in total. The fourth-order valence-corrected chi connectivity index (χ4v) is 7.05. The predicted molar refractivity (Wildman–Crippen MR) is 126 cm³/mol. The van der Waals surface area contributed by atoms with Gasteiger partial charge in [0.05, 0.1) is 12.2 Å². The monoisotopic (exact) mass is 540 g/mol. The van der Waals surface area contributed by atoms with Gasteiger partial charge in [0.25, 0.3) is 5.60 Å². The Morgan fingerprint density at radius 3 is 2.27 bits per heavy atom. The molecule has 0 aliphatic heterocycles. The number of halogens is 6. The molecule has 3 aliphatic carbocycles. The van der Waals surface area contributed by atoms with E-state index in [0.29, 0.717) is 12.0 Å². The first-order valence-corrected chi connectivity index (χ1v) is 12.9. The summed E-state index contributed by atoms with van der Waals surface area (Å²) in [6.45, 7) is 7.85. The van der Waals surface area contributed by atoms with Crippen LogP contribution in [0.25, 0.3) is 0 Å². The minimum absolute atomic E-state index is 0.0409. The molecule has 0 aromatic rings. The van der Waals surface area contributed by atoms with Crippen LogP contribution in [0.15, 0.2) is 35.5 Å². The van der Waals surface area contributed by atoms with Crippen molar-refractivity contribution in [2.24, 2.45) is 23.2 Å². The molecule has 4 N–H and O–H groups in total. The molecular weight excluding hydrogens is 502 g/mol. The Balaban J connectivity index is 1.73. The van der Waals surface area contributed by atoms with Crippen molar-refractivity contribution in [1.29, 1.82) is 0 Å². The summed E-state index contributed by atoms with van der Waals surface area (Å²) in [5, 5.41) is 39.4. The summed E-state index contributed by atoms with van der Waals surface area (Å²) < 4.78 is 78.6. The quantitative estimate of drug-likeness (QED) is 0.323. The largest absolute Gasteiger partial charge is 0.428 e. The van der Waals surface area contributed by atoms with Crippen molar-refractivity contribution in [2.45, 2.75) is 108 Å². The van der Waals surface area contributed by atoms with E-state index >= 15 is 0 Å². The Hall–Kier alpha value is -1.36. The molecule has 3 saturated carbocycles. The van der Waals surface area contributed by atoms with Crippen LogP contribution in [0.2, 0.25) is 0 Å². The molecular formula is C27H38F6O4. The van der Waals surface area contributed by atoms with Gasteiger partial charge in [0.15, 0.2) is 0 Å². The number of fused-ring (bicyclic) bond motifs is 1. The van der Waals surface area contributed by atoms with E-state index in [1.165, 1.54) is 5.57 Å². The second kappa shape index (κ2) is 10.7. The molecule has 37 heavy (non-hydrogen) atoms. The van der Waals surface area contributed by atoms with Gasteiger partial charge in [-0.05, 0) is 85.7 Å². The molecule has 0 saturated heterocycles. The van der Waals surface area contributed by atoms with Gasteiger partial charge in [0, 0.05) is 6.42 Å². The highest BCUT2D eigenvalue weighted by molar-refractivity contribution is 5.38. The van der Waals surface area contributed by atoms with Gasteiger partial charge >= 0.3 is 12.4 Å². The van der Waals surface area contributed by atoms with E-state index in [4.69, 9.17) is 0 Å². The van der Waals surface area contributed by atoms with E-state index in [2.05, 4.69) is 13.5 Å². The maximum Gasteiger partial charge on any atom is 0.428 e. The molecule has 0 aromatic heterocycles. The van der Waals surface area contributed by atoms with Gasteiger partial charge in [-0.15, -0.1) is 0 Å². The van der Waals surface area contributed by atoms with E-state index < -0.39 is 42.7 Å². The lowest BCUT2D eigenvalue weighted by molar-refractivity contribution is -0.391. The predicted octanol–water partition coefficient (Wildman–Crippen LogP) is 5.76. The van der Waals surface area contributed by atoms with Gasteiger partial charge in [-0.1, -0.05) is 38.2 Å². The lowest BCUT2D eigenvalue weighted by Gasteiger charge is -2.45.